The van der Waals surface area contributed by atoms with Gasteiger partial charge in [-0.3, -0.25) is 4.79 Å². The SMILES string of the molecule is CC(NCCCN(C)Cc1ccccc1)C(=O)O. The molecule has 0 spiro atoms. The molecule has 0 heterocycles. The van der Waals surface area contributed by atoms with E-state index >= 15 is 0 Å². The first-order valence-electron chi connectivity index (χ1n) is 6.28. The molecule has 0 aliphatic heterocycles. The zero-order valence-corrected chi connectivity index (χ0v) is 11.1. The van der Waals surface area contributed by atoms with Crippen molar-refractivity contribution < 1.29 is 9.90 Å². The molecule has 4 heteroatoms. The van der Waals surface area contributed by atoms with E-state index in [0.717, 1.165) is 26.1 Å². The number of nitrogens with zero attached hydrogens (tertiary/aromatic N) is 1. The first-order valence-corrected chi connectivity index (χ1v) is 6.28. The van der Waals surface area contributed by atoms with Crippen LogP contribution >= 0.6 is 0 Å². The summed E-state index contributed by atoms with van der Waals surface area (Å²) >= 11 is 0. The molecule has 100 valence electrons. The molecule has 0 bridgehead atoms. The topological polar surface area (TPSA) is 52.6 Å². The predicted octanol–water partition coefficient (Wildman–Crippen LogP) is 1.57. The summed E-state index contributed by atoms with van der Waals surface area (Å²) in [5.74, 6) is -0.798. The number of rotatable bonds is 8. The van der Waals surface area contributed by atoms with Crippen LogP contribution in [-0.2, 0) is 11.3 Å². The maximum Gasteiger partial charge on any atom is 0.320 e. The fraction of sp³-hybridized carbons (Fsp3) is 0.500. The first kappa shape index (κ1) is 14.7. The standard InChI is InChI=1S/C14H22N2O2/c1-12(14(17)18)15-9-6-10-16(2)11-13-7-4-3-5-8-13/h3-5,7-8,12,15H,6,9-11H2,1-2H3,(H,17,18). The second-order valence-electron chi connectivity index (χ2n) is 4.59. The fourth-order valence-corrected chi connectivity index (χ4v) is 1.73. The summed E-state index contributed by atoms with van der Waals surface area (Å²) in [6.45, 7) is 4.27. The maximum absolute atomic E-state index is 10.6. The Hall–Kier alpha value is -1.39. The van der Waals surface area contributed by atoms with Crippen LogP contribution in [-0.4, -0.2) is 42.2 Å². The highest BCUT2D eigenvalue weighted by Crippen LogP contribution is 2.02. The summed E-state index contributed by atoms with van der Waals surface area (Å²) in [7, 11) is 2.08. The van der Waals surface area contributed by atoms with Gasteiger partial charge in [0, 0.05) is 6.54 Å². The van der Waals surface area contributed by atoms with Gasteiger partial charge in [-0.2, -0.15) is 0 Å². The smallest absolute Gasteiger partial charge is 0.320 e. The molecule has 4 nitrogen and oxygen atoms in total. The minimum Gasteiger partial charge on any atom is -0.480 e. The van der Waals surface area contributed by atoms with E-state index in [1.165, 1.54) is 5.56 Å². The van der Waals surface area contributed by atoms with Crippen molar-refractivity contribution in [2.24, 2.45) is 0 Å². The summed E-state index contributed by atoms with van der Waals surface area (Å²) < 4.78 is 0. The fourth-order valence-electron chi connectivity index (χ4n) is 1.73. The summed E-state index contributed by atoms with van der Waals surface area (Å²) in [5, 5.41) is 11.7. The molecule has 0 aliphatic rings. The lowest BCUT2D eigenvalue weighted by molar-refractivity contribution is -0.138. The van der Waals surface area contributed by atoms with E-state index in [1.54, 1.807) is 6.92 Å². The van der Waals surface area contributed by atoms with Gasteiger partial charge in [0.15, 0.2) is 0 Å². The van der Waals surface area contributed by atoms with Gasteiger partial charge in [-0.25, -0.2) is 0 Å². The van der Waals surface area contributed by atoms with Crippen LogP contribution in [0.5, 0.6) is 0 Å². The van der Waals surface area contributed by atoms with E-state index < -0.39 is 12.0 Å². The molecular weight excluding hydrogens is 228 g/mol. The Balaban J connectivity index is 2.14. The van der Waals surface area contributed by atoms with Crippen LogP contribution in [0.2, 0.25) is 0 Å². The van der Waals surface area contributed by atoms with E-state index in [-0.39, 0.29) is 0 Å². The van der Waals surface area contributed by atoms with Gasteiger partial charge >= 0.3 is 5.97 Å². The Morgan fingerprint density at radius 1 is 1.39 bits per heavy atom. The van der Waals surface area contributed by atoms with Crippen molar-refractivity contribution >= 4 is 5.97 Å². The van der Waals surface area contributed by atoms with Crippen molar-refractivity contribution in [3.63, 3.8) is 0 Å². The average Bonchev–Trinajstić information content (AvgIpc) is 2.35. The molecule has 0 fully saturated rings. The van der Waals surface area contributed by atoms with Crippen molar-refractivity contribution in [2.75, 3.05) is 20.1 Å². The van der Waals surface area contributed by atoms with Crippen molar-refractivity contribution in [1.82, 2.24) is 10.2 Å². The highest BCUT2D eigenvalue weighted by Gasteiger charge is 2.08. The van der Waals surface area contributed by atoms with Crippen LogP contribution in [0.25, 0.3) is 0 Å². The molecule has 1 unspecified atom stereocenters. The molecule has 2 N–H and O–H groups in total. The highest BCUT2D eigenvalue weighted by atomic mass is 16.4. The lowest BCUT2D eigenvalue weighted by Gasteiger charge is -2.17. The summed E-state index contributed by atoms with van der Waals surface area (Å²) in [6, 6.07) is 9.85. The third-order valence-corrected chi connectivity index (χ3v) is 2.83. The third-order valence-electron chi connectivity index (χ3n) is 2.83. The third kappa shape index (κ3) is 5.80. The number of nitrogens with one attached hydrogen (secondary N) is 1. The number of hydrogen-bond donors (Lipinski definition) is 2. The Kier molecular flexibility index (Phi) is 6.39. The van der Waals surface area contributed by atoms with Gasteiger partial charge in [0.2, 0.25) is 0 Å². The molecule has 1 aromatic rings. The zero-order chi connectivity index (χ0) is 13.4. The van der Waals surface area contributed by atoms with Crippen LogP contribution in [0.1, 0.15) is 18.9 Å². The zero-order valence-electron chi connectivity index (χ0n) is 11.1. The number of carbonyl (C=O) groups is 1. The largest absolute Gasteiger partial charge is 0.480 e. The van der Waals surface area contributed by atoms with Crippen LogP contribution < -0.4 is 5.32 Å². The summed E-state index contributed by atoms with van der Waals surface area (Å²) in [4.78, 5) is 12.8. The van der Waals surface area contributed by atoms with Crippen LogP contribution in [0.15, 0.2) is 30.3 Å². The van der Waals surface area contributed by atoms with Gasteiger partial charge < -0.3 is 15.3 Å². The Morgan fingerprint density at radius 2 is 2.06 bits per heavy atom. The van der Waals surface area contributed by atoms with Crippen LogP contribution in [0.4, 0.5) is 0 Å². The van der Waals surface area contributed by atoms with E-state index in [2.05, 4.69) is 29.4 Å². The highest BCUT2D eigenvalue weighted by molar-refractivity contribution is 5.72. The van der Waals surface area contributed by atoms with Gasteiger partial charge in [0.1, 0.15) is 6.04 Å². The van der Waals surface area contributed by atoms with E-state index in [9.17, 15) is 4.79 Å². The minimum absolute atomic E-state index is 0.468. The molecule has 1 rings (SSSR count). The quantitative estimate of drug-likeness (QED) is 0.688. The molecule has 0 saturated carbocycles. The Labute approximate surface area is 109 Å². The monoisotopic (exact) mass is 250 g/mol. The lowest BCUT2D eigenvalue weighted by atomic mass is 10.2. The van der Waals surface area contributed by atoms with E-state index in [4.69, 9.17) is 5.11 Å². The number of carboxylic acids is 1. The number of benzene rings is 1. The Morgan fingerprint density at radius 3 is 2.67 bits per heavy atom. The van der Waals surface area contributed by atoms with Gasteiger partial charge in [-0.15, -0.1) is 0 Å². The lowest BCUT2D eigenvalue weighted by Crippen LogP contribution is -2.35. The van der Waals surface area contributed by atoms with Crippen LogP contribution in [0, 0.1) is 0 Å². The molecule has 1 aromatic carbocycles. The molecular formula is C14H22N2O2. The molecule has 0 aromatic heterocycles. The minimum atomic E-state index is -0.798. The normalized spacial score (nSPS) is 12.6. The van der Waals surface area contributed by atoms with E-state index in [0.29, 0.717) is 0 Å². The number of aliphatic carboxylic acids is 1. The van der Waals surface area contributed by atoms with Crippen molar-refractivity contribution in [1.29, 1.82) is 0 Å². The van der Waals surface area contributed by atoms with Crippen LogP contribution in [0.3, 0.4) is 0 Å². The van der Waals surface area contributed by atoms with E-state index in [1.807, 2.05) is 18.2 Å². The summed E-state index contributed by atoms with van der Waals surface area (Å²) in [6.07, 6.45) is 0.945. The van der Waals surface area contributed by atoms with Gasteiger partial charge in [0.25, 0.3) is 0 Å². The van der Waals surface area contributed by atoms with Crippen molar-refractivity contribution in [3.05, 3.63) is 35.9 Å². The number of carboxylic acid groups (broad SMARTS) is 1. The molecule has 0 aliphatic carbocycles. The second kappa shape index (κ2) is 7.84. The molecule has 0 saturated heterocycles. The first-order chi connectivity index (χ1) is 8.59. The number of hydrogen-bond acceptors (Lipinski definition) is 3. The molecule has 18 heavy (non-hydrogen) atoms. The maximum atomic E-state index is 10.6. The summed E-state index contributed by atoms with van der Waals surface area (Å²) in [5.41, 5.74) is 1.30. The van der Waals surface area contributed by atoms with Gasteiger partial charge in [-0.1, -0.05) is 30.3 Å². The van der Waals surface area contributed by atoms with Crippen molar-refractivity contribution in [3.8, 4) is 0 Å². The second-order valence-corrected chi connectivity index (χ2v) is 4.59. The molecule has 0 amide bonds. The molecule has 0 radical (unpaired) electrons. The average molecular weight is 250 g/mol. The van der Waals surface area contributed by atoms with Crippen molar-refractivity contribution in [2.45, 2.75) is 25.9 Å². The van der Waals surface area contributed by atoms with Gasteiger partial charge in [-0.05, 0) is 39.0 Å². The Bertz CT molecular complexity index is 354. The predicted molar refractivity (Wildman–Crippen MR) is 72.5 cm³/mol. The molecule has 1 atom stereocenters. The van der Waals surface area contributed by atoms with Gasteiger partial charge in [0.05, 0.1) is 0 Å².